The van der Waals surface area contributed by atoms with Crippen molar-refractivity contribution in [1.29, 1.82) is 0 Å². The smallest absolute Gasteiger partial charge is 0.178 e. The van der Waals surface area contributed by atoms with E-state index in [1.165, 1.54) is 5.56 Å². The number of nitrogens with zero attached hydrogens (tertiary/aromatic N) is 1. The van der Waals surface area contributed by atoms with Gasteiger partial charge in [-0.2, -0.15) is 0 Å². The molecule has 0 aliphatic rings. The SMILES string of the molecule is Cc1ccc2[nH]c(=S)n(CCc3ccco3)c2c1. The fraction of sp³-hybridized carbons (Fsp3) is 0.214. The minimum absolute atomic E-state index is 0.766. The Hall–Kier alpha value is -1.81. The Kier molecular flexibility index (Phi) is 2.80. The van der Waals surface area contributed by atoms with Crippen LogP contribution >= 0.6 is 12.2 Å². The first-order chi connectivity index (χ1) is 8.74. The Morgan fingerprint density at radius 1 is 1.33 bits per heavy atom. The number of hydrogen-bond acceptors (Lipinski definition) is 2. The van der Waals surface area contributed by atoms with Crippen LogP contribution in [0.15, 0.2) is 41.0 Å². The first-order valence-electron chi connectivity index (χ1n) is 5.95. The van der Waals surface area contributed by atoms with Crippen molar-refractivity contribution in [2.45, 2.75) is 19.9 Å². The number of hydrogen-bond donors (Lipinski definition) is 1. The van der Waals surface area contributed by atoms with E-state index >= 15 is 0 Å². The second kappa shape index (κ2) is 4.46. The molecule has 2 heterocycles. The molecule has 4 heteroatoms. The molecule has 0 radical (unpaired) electrons. The van der Waals surface area contributed by atoms with Gasteiger partial charge in [-0.05, 0) is 49.0 Å². The van der Waals surface area contributed by atoms with Gasteiger partial charge in [0.15, 0.2) is 4.77 Å². The summed E-state index contributed by atoms with van der Waals surface area (Å²) in [5, 5.41) is 0. The fourth-order valence-electron chi connectivity index (χ4n) is 2.16. The average Bonchev–Trinajstić information content (AvgIpc) is 2.94. The molecule has 0 saturated heterocycles. The molecule has 0 aliphatic carbocycles. The average molecular weight is 258 g/mol. The number of fused-ring (bicyclic) bond motifs is 1. The van der Waals surface area contributed by atoms with Gasteiger partial charge in [0.25, 0.3) is 0 Å². The highest BCUT2D eigenvalue weighted by Gasteiger charge is 2.05. The maximum absolute atomic E-state index is 5.37. The summed E-state index contributed by atoms with van der Waals surface area (Å²) in [6.45, 7) is 2.92. The van der Waals surface area contributed by atoms with E-state index in [9.17, 15) is 0 Å². The standard InChI is InChI=1S/C14H14N2OS/c1-10-4-5-12-13(9-10)16(14(18)15-12)7-6-11-3-2-8-17-11/h2-5,8-9H,6-7H2,1H3,(H,15,18). The van der Waals surface area contributed by atoms with Gasteiger partial charge in [0, 0.05) is 13.0 Å². The maximum atomic E-state index is 5.37. The molecular formula is C14H14N2OS. The predicted octanol–water partition coefficient (Wildman–Crippen LogP) is 3.84. The normalized spacial score (nSPS) is 11.2. The van der Waals surface area contributed by atoms with E-state index in [-0.39, 0.29) is 0 Å². The molecule has 0 spiro atoms. The molecular weight excluding hydrogens is 244 g/mol. The number of benzene rings is 1. The van der Waals surface area contributed by atoms with Crippen LogP contribution in [-0.4, -0.2) is 9.55 Å². The third kappa shape index (κ3) is 1.99. The number of aromatic nitrogens is 2. The molecule has 0 fully saturated rings. The molecule has 3 rings (SSSR count). The van der Waals surface area contributed by atoms with Crippen LogP contribution in [0.1, 0.15) is 11.3 Å². The highest BCUT2D eigenvalue weighted by molar-refractivity contribution is 7.71. The minimum Gasteiger partial charge on any atom is -0.469 e. The molecule has 0 bridgehead atoms. The van der Waals surface area contributed by atoms with E-state index in [1.807, 2.05) is 12.1 Å². The molecule has 92 valence electrons. The van der Waals surface area contributed by atoms with Gasteiger partial charge in [-0.25, -0.2) is 0 Å². The fourth-order valence-corrected chi connectivity index (χ4v) is 2.46. The van der Waals surface area contributed by atoms with Gasteiger partial charge in [0.2, 0.25) is 0 Å². The number of aryl methyl sites for hydroxylation is 3. The van der Waals surface area contributed by atoms with Crippen molar-refractivity contribution in [1.82, 2.24) is 9.55 Å². The highest BCUT2D eigenvalue weighted by Crippen LogP contribution is 2.16. The number of H-pyrrole nitrogens is 1. The van der Waals surface area contributed by atoms with Crippen LogP contribution in [0.4, 0.5) is 0 Å². The van der Waals surface area contributed by atoms with Crippen molar-refractivity contribution in [3.8, 4) is 0 Å². The maximum Gasteiger partial charge on any atom is 0.178 e. The van der Waals surface area contributed by atoms with E-state index in [2.05, 4.69) is 34.7 Å². The highest BCUT2D eigenvalue weighted by atomic mass is 32.1. The van der Waals surface area contributed by atoms with Gasteiger partial charge in [0.1, 0.15) is 5.76 Å². The Labute approximate surface area is 110 Å². The molecule has 0 atom stereocenters. The lowest BCUT2D eigenvalue weighted by atomic mass is 10.2. The third-order valence-electron chi connectivity index (χ3n) is 3.09. The van der Waals surface area contributed by atoms with Crippen molar-refractivity contribution in [3.05, 3.63) is 52.7 Å². The Morgan fingerprint density at radius 2 is 2.22 bits per heavy atom. The number of imidazole rings is 1. The summed E-state index contributed by atoms with van der Waals surface area (Å²) in [6, 6.07) is 10.2. The Morgan fingerprint density at radius 3 is 3.00 bits per heavy atom. The van der Waals surface area contributed by atoms with Crippen molar-refractivity contribution in [2.24, 2.45) is 0 Å². The zero-order valence-electron chi connectivity index (χ0n) is 10.1. The first-order valence-corrected chi connectivity index (χ1v) is 6.36. The predicted molar refractivity (Wildman–Crippen MR) is 74.3 cm³/mol. The summed E-state index contributed by atoms with van der Waals surface area (Å²) < 4.78 is 8.24. The van der Waals surface area contributed by atoms with E-state index in [1.54, 1.807) is 6.26 Å². The molecule has 0 saturated carbocycles. The molecule has 1 N–H and O–H groups in total. The largest absolute Gasteiger partial charge is 0.469 e. The van der Waals surface area contributed by atoms with Gasteiger partial charge in [-0.15, -0.1) is 0 Å². The lowest BCUT2D eigenvalue weighted by molar-refractivity contribution is 0.492. The van der Waals surface area contributed by atoms with E-state index < -0.39 is 0 Å². The van der Waals surface area contributed by atoms with Gasteiger partial charge in [-0.3, -0.25) is 0 Å². The van der Waals surface area contributed by atoms with Crippen LogP contribution in [0.3, 0.4) is 0 Å². The number of rotatable bonds is 3. The van der Waals surface area contributed by atoms with Crippen LogP contribution in [0.25, 0.3) is 11.0 Å². The molecule has 0 amide bonds. The minimum atomic E-state index is 0.766. The molecule has 1 aromatic carbocycles. The van der Waals surface area contributed by atoms with Crippen LogP contribution in [0.5, 0.6) is 0 Å². The molecule has 3 aromatic rings. The lowest BCUT2D eigenvalue weighted by Crippen LogP contribution is -2.00. The second-order valence-electron chi connectivity index (χ2n) is 4.43. The molecule has 0 unspecified atom stereocenters. The van der Waals surface area contributed by atoms with Gasteiger partial charge in [0.05, 0.1) is 17.3 Å². The van der Waals surface area contributed by atoms with Gasteiger partial charge >= 0.3 is 0 Å². The van der Waals surface area contributed by atoms with Crippen molar-refractivity contribution in [3.63, 3.8) is 0 Å². The van der Waals surface area contributed by atoms with E-state index in [0.717, 1.165) is 34.5 Å². The summed E-state index contributed by atoms with van der Waals surface area (Å²) in [5.41, 5.74) is 3.49. The van der Waals surface area contributed by atoms with Crippen LogP contribution in [-0.2, 0) is 13.0 Å². The zero-order chi connectivity index (χ0) is 12.5. The summed E-state index contributed by atoms with van der Waals surface area (Å²) in [4.78, 5) is 3.23. The molecule has 2 aromatic heterocycles. The zero-order valence-corrected chi connectivity index (χ0v) is 11.0. The van der Waals surface area contributed by atoms with Crippen molar-refractivity contribution < 1.29 is 4.42 Å². The summed E-state index contributed by atoms with van der Waals surface area (Å²) in [7, 11) is 0. The van der Waals surface area contributed by atoms with Crippen LogP contribution in [0.2, 0.25) is 0 Å². The Balaban J connectivity index is 1.98. The monoisotopic (exact) mass is 258 g/mol. The number of furan rings is 1. The molecule has 18 heavy (non-hydrogen) atoms. The third-order valence-corrected chi connectivity index (χ3v) is 3.42. The number of nitrogens with one attached hydrogen (secondary N) is 1. The van der Waals surface area contributed by atoms with Gasteiger partial charge in [-0.1, -0.05) is 6.07 Å². The second-order valence-corrected chi connectivity index (χ2v) is 4.82. The van der Waals surface area contributed by atoms with E-state index in [4.69, 9.17) is 16.6 Å². The van der Waals surface area contributed by atoms with Crippen molar-refractivity contribution >= 4 is 23.3 Å². The van der Waals surface area contributed by atoms with Crippen LogP contribution < -0.4 is 0 Å². The quantitative estimate of drug-likeness (QED) is 0.724. The molecule has 3 nitrogen and oxygen atoms in total. The first kappa shape index (κ1) is 11.3. The summed E-state index contributed by atoms with van der Waals surface area (Å²) in [6.07, 6.45) is 2.55. The molecule has 0 aliphatic heterocycles. The van der Waals surface area contributed by atoms with Gasteiger partial charge < -0.3 is 14.0 Å². The van der Waals surface area contributed by atoms with Crippen LogP contribution in [0, 0.1) is 11.7 Å². The number of aromatic amines is 1. The summed E-state index contributed by atoms with van der Waals surface area (Å²) >= 11 is 5.37. The summed E-state index contributed by atoms with van der Waals surface area (Å²) in [5.74, 6) is 0.985. The lowest BCUT2D eigenvalue weighted by Gasteiger charge is -2.03. The Bertz CT molecular complexity index is 722. The topological polar surface area (TPSA) is 33.9 Å². The van der Waals surface area contributed by atoms with E-state index in [0.29, 0.717) is 0 Å². The van der Waals surface area contributed by atoms with Crippen molar-refractivity contribution in [2.75, 3.05) is 0 Å².